The van der Waals surface area contributed by atoms with Crippen LogP contribution in [-0.2, 0) is 27.3 Å². The molecule has 0 aliphatic rings. The van der Waals surface area contributed by atoms with Crippen molar-refractivity contribution in [2.75, 3.05) is 5.32 Å². The van der Waals surface area contributed by atoms with Crippen molar-refractivity contribution in [2.24, 2.45) is 5.92 Å². The van der Waals surface area contributed by atoms with Crippen LogP contribution in [0.3, 0.4) is 0 Å². The van der Waals surface area contributed by atoms with Gasteiger partial charge in [0.1, 0.15) is 5.76 Å². The largest absolute Gasteiger partial charge is 0.481 e. The Labute approximate surface area is 282 Å². The number of amides is 2. The summed E-state index contributed by atoms with van der Waals surface area (Å²) in [7, 11) is 0. The average Bonchev–Trinajstić information content (AvgIpc) is 3.55. The van der Waals surface area contributed by atoms with Gasteiger partial charge in [0, 0.05) is 42.1 Å². The Morgan fingerprint density at radius 1 is 0.812 bits per heavy atom. The third kappa shape index (κ3) is 8.68. The van der Waals surface area contributed by atoms with Crippen LogP contribution in [0.4, 0.5) is 5.69 Å². The highest BCUT2D eigenvalue weighted by atomic mass is 35.5. The molecule has 5 aromatic rings. The van der Waals surface area contributed by atoms with Gasteiger partial charge in [0.15, 0.2) is 5.76 Å². The first kappa shape index (κ1) is 33.9. The van der Waals surface area contributed by atoms with Crippen LogP contribution in [0.15, 0.2) is 114 Å². The summed E-state index contributed by atoms with van der Waals surface area (Å²) in [4.78, 5) is 52.0. The van der Waals surface area contributed by atoms with Crippen LogP contribution in [0.2, 0.25) is 5.02 Å². The molecule has 1 heterocycles. The number of hydrogen-bond donors (Lipinski definition) is 3. The molecule has 0 aliphatic carbocycles. The molecule has 10 heteroatoms. The lowest BCUT2D eigenvalue weighted by molar-refractivity contribution is -0.151. The van der Waals surface area contributed by atoms with Crippen molar-refractivity contribution in [3.63, 3.8) is 0 Å². The highest BCUT2D eigenvalue weighted by molar-refractivity contribution is 6.30. The fourth-order valence-electron chi connectivity index (χ4n) is 5.81. The Kier molecular flexibility index (Phi) is 10.9. The van der Waals surface area contributed by atoms with E-state index in [1.807, 2.05) is 79.7 Å². The first-order chi connectivity index (χ1) is 23.1. The number of carboxylic acids is 2. The zero-order valence-electron chi connectivity index (χ0n) is 26.2. The number of aliphatic carboxylic acids is 2. The van der Waals surface area contributed by atoms with Gasteiger partial charge in [-0.05, 0) is 71.3 Å². The van der Waals surface area contributed by atoms with Gasteiger partial charge < -0.3 is 24.8 Å². The van der Waals surface area contributed by atoms with E-state index in [0.29, 0.717) is 22.9 Å². The van der Waals surface area contributed by atoms with Crippen LogP contribution in [0.1, 0.15) is 53.1 Å². The number of carbonyl (C=O) groups is 4. The molecule has 0 saturated carbocycles. The number of carbonyl (C=O) groups excluding carboxylic acids is 2. The second kappa shape index (κ2) is 15.5. The standard InChI is InChI=1S/C38H35ClN2O7/c1-24(41(35(42)20-29(38(46)47)21-36(43)44)23-25-11-12-26-7-5-6-8-28(26)19-25)33(27-13-15-30(39)16-14-27)22-32-17-18-34(48-32)37(45)40-31-9-3-2-4-10-31/h2-19,24,29,33H,20-23H2,1H3,(H,40,45)(H,43,44)(H,46,47). The van der Waals surface area contributed by atoms with E-state index in [-0.39, 0.29) is 18.2 Å². The summed E-state index contributed by atoms with van der Waals surface area (Å²) in [5.41, 5.74) is 2.29. The molecule has 48 heavy (non-hydrogen) atoms. The number of benzene rings is 4. The van der Waals surface area contributed by atoms with E-state index >= 15 is 0 Å². The molecule has 3 N–H and O–H groups in total. The zero-order valence-corrected chi connectivity index (χ0v) is 27.0. The van der Waals surface area contributed by atoms with E-state index in [4.69, 9.17) is 16.0 Å². The fourth-order valence-corrected chi connectivity index (χ4v) is 5.94. The quantitative estimate of drug-likeness (QED) is 0.111. The molecule has 0 radical (unpaired) electrons. The number of furan rings is 1. The monoisotopic (exact) mass is 666 g/mol. The molecule has 5 rings (SSSR count). The Morgan fingerprint density at radius 3 is 2.19 bits per heavy atom. The summed E-state index contributed by atoms with van der Waals surface area (Å²) in [6.45, 7) is 2.02. The lowest BCUT2D eigenvalue weighted by atomic mass is 9.86. The molecule has 0 saturated heterocycles. The third-order valence-corrected chi connectivity index (χ3v) is 8.64. The minimum atomic E-state index is -1.40. The topological polar surface area (TPSA) is 137 Å². The maximum Gasteiger partial charge on any atom is 0.307 e. The van der Waals surface area contributed by atoms with Crippen molar-refractivity contribution in [1.82, 2.24) is 4.90 Å². The summed E-state index contributed by atoms with van der Waals surface area (Å²) in [6.07, 6.45) is -0.877. The zero-order chi connectivity index (χ0) is 34.2. The van der Waals surface area contributed by atoms with Crippen molar-refractivity contribution in [3.8, 4) is 0 Å². The van der Waals surface area contributed by atoms with Crippen LogP contribution in [-0.4, -0.2) is 44.9 Å². The Bertz CT molecular complexity index is 1910. The molecule has 3 atom stereocenters. The summed E-state index contributed by atoms with van der Waals surface area (Å²) in [6, 6.07) is 32.7. The lowest BCUT2D eigenvalue weighted by Gasteiger charge is -2.36. The van der Waals surface area contributed by atoms with Crippen LogP contribution < -0.4 is 5.32 Å². The van der Waals surface area contributed by atoms with Crippen LogP contribution in [0.5, 0.6) is 0 Å². The van der Waals surface area contributed by atoms with E-state index in [0.717, 1.165) is 21.9 Å². The van der Waals surface area contributed by atoms with Gasteiger partial charge in [-0.2, -0.15) is 0 Å². The van der Waals surface area contributed by atoms with Crippen molar-refractivity contribution in [1.29, 1.82) is 0 Å². The maximum atomic E-state index is 14.0. The molecule has 0 bridgehead atoms. The smallest absolute Gasteiger partial charge is 0.307 e. The number of halogens is 1. The molecule has 9 nitrogen and oxygen atoms in total. The van der Waals surface area contributed by atoms with Gasteiger partial charge in [-0.25, -0.2) is 0 Å². The second-order valence-electron chi connectivity index (χ2n) is 11.7. The van der Waals surface area contributed by atoms with Crippen LogP contribution in [0, 0.1) is 5.92 Å². The SMILES string of the molecule is CC(C(Cc1ccc(C(=O)Nc2ccccc2)o1)c1ccc(Cl)cc1)N(Cc1ccc2ccccc2c1)C(=O)CC(CC(=O)O)C(=O)O. The van der Waals surface area contributed by atoms with Crippen LogP contribution >= 0.6 is 11.6 Å². The lowest BCUT2D eigenvalue weighted by Crippen LogP contribution is -2.43. The van der Waals surface area contributed by atoms with Crippen molar-refractivity contribution < 1.29 is 33.8 Å². The molecule has 246 valence electrons. The van der Waals surface area contributed by atoms with E-state index in [9.17, 15) is 29.4 Å². The first-order valence-electron chi connectivity index (χ1n) is 15.5. The average molecular weight is 667 g/mol. The van der Waals surface area contributed by atoms with Crippen molar-refractivity contribution in [2.45, 2.75) is 44.7 Å². The number of para-hydroxylation sites is 1. The highest BCUT2D eigenvalue weighted by Crippen LogP contribution is 2.32. The molecule has 0 fully saturated rings. The Hall–Kier alpha value is -5.41. The second-order valence-corrected chi connectivity index (χ2v) is 12.2. The summed E-state index contributed by atoms with van der Waals surface area (Å²) in [5, 5.41) is 24.4. The molecule has 3 unspecified atom stereocenters. The number of carboxylic acid groups (broad SMARTS) is 2. The van der Waals surface area contributed by atoms with E-state index in [2.05, 4.69) is 5.32 Å². The Morgan fingerprint density at radius 2 is 1.50 bits per heavy atom. The number of anilines is 1. The van der Waals surface area contributed by atoms with Gasteiger partial charge in [-0.3, -0.25) is 19.2 Å². The van der Waals surface area contributed by atoms with Gasteiger partial charge >= 0.3 is 11.9 Å². The predicted octanol–water partition coefficient (Wildman–Crippen LogP) is 7.65. The third-order valence-electron chi connectivity index (χ3n) is 8.39. The molecular formula is C38H35ClN2O7. The number of fused-ring (bicyclic) bond motifs is 1. The fraction of sp³-hybridized carbons (Fsp3) is 0.211. The molecule has 1 aromatic heterocycles. The minimum absolute atomic E-state index is 0.124. The number of nitrogens with zero attached hydrogens (tertiary/aromatic N) is 1. The van der Waals surface area contributed by atoms with E-state index in [1.165, 1.54) is 0 Å². The molecule has 0 spiro atoms. The van der Waals surface area contributed by atoms with Crippen LogP contribution in [0.25, 0.3) is 10.8 Å². The van der Waals surface area contributed by atoms with Gasteiger partial charge in [-0.15, -0.1) is 0 Å². The van der Waals surface area contributed by atoms with Gasteiger partial charge in [0.05, 0.1) is 12.3 Å². The van der Waals surface area contributed by atoms with Crippen molar-refractivity contribution >= 4 is 51.8 Å². The normalized spacial score (nSPS) is 13.0. The summed E-state index contributed by atoms with van der Waals surface area (Å²) >= 11 is 6.23. The van der Waals surface area contributed by atoms with Gasteiger partial charge in [0.25, 0.3) is 5.91 Å². The highest BCUT2D eigenvalue weighted by Gasteiger charge is 2.33. The van der Waals surface area contributed by atoms with E-state index in [1.54, 1.807) is 41.3 Å². The maximum absolute atomic E-state index is 14.0. The molecule has 2 amide bonds. The minimum Gasteiger partial charge on any atom is -0.481 e. The molecular weight excluding hydrogens is 632 g/mol. The van der Waals surface area contributed by atoms with E-state index < -0.39 is 48.6 Å². The number of nitrogens with one attached hydrogen (secondary N) is 1. The predicted molar refractivity (Wildman–Crippen MR) is 183 cm³/mol. The number of hydrogen-bond acceptors (Lipinski definition) is 5. The first-order valence-corrected chi connectivity index (χ1v) is 15.9. The van der Waals surface area contributed by atoms with Gasteiger partial charge in [0.2, 0.25) is 5.91 Å². The summed E-state index contributed by atoms with van der Waals surface area (Å²) in [5.74, 6) is -4.70. The molecule has 0 aliphatic heterocycles. The Balaban J connectivity index is 1.48. The molecule has 4 aromatic carbocycles. The summed E-state index contributed by atoms with van der Waals surface area (Å²) < 4.78 is 6.01. The van der Waals surface area contributed by atoms with Crippen molar-refractivity contribution in [3.05, 3.63) is 137 Å². The number of rotatable bonds is 14. The van der Waals surface area contributed by atoms with Gasteiger partial charge in [-0.1, -0.05) is 78.3 Å².